The molecule has 4 heteroatoms. The lowest BCUT2D eigenvalue weighted by molar-refractivity contribution is -0.137. The second-order valence-electron chi connectivity index (χ2n) is 4.53. The summed E-state index contributed by atoms with van der Waals surface area (Å²) in [6.45, 7) is 3.77. The van der Waals surface area contributed by atoms with Gasteiger partial charge in [0.25, 0.3) is 0 Å². The molecular weight excluding hydrogens is 242 g/mol. The highest BCUT2D eigenvalue weighted by atomic mass is 16.4. The van der Waals surface area contributed by atoms with Gasteiger partial charge in [0.15, 0.2) is 0 Å². The summed E-state index contributed by atoms with van der Waals surface area (Å²) in [6.07, 6.45) is 3.72. The molecule has 1 aromatic rings. The molecule has 0 aliphatic rings. The number of aliphatic carboxylic acids is 1. The molecule has 0 aliphatic heterocycles. The molecule has 0 saturated heterocycles. The van der Waals surface area contributed by atoms with E-state index in [9.17, 15) is 9.59 Å². The molecule has 0 heterocycles. The molecule has 0 spiro atoms. The van der Waals surface area contributed by atoms with E-state index in [1.165, 1.54) is 6.08 Å². The van der Waals surface area contributed by atoms with Crippen LogP contribution >= 0.6 is 0 Å². The van der Waals surface area contributed by atoms with Crippen LogP contribution in [0.5, 0.6) is 0 Å². The lowest BCUT2D eigenvalue weighted by atomic mass is 10.1. The Morgan fingerprint density at radius 2 is 2.05 bits per heavy atom. The molecule has 0 fully saturated rings. The predicted molar refractivity (Wildman–Crippen MR) is 74.7 cm³/mol. The van der Waals surface area contributed by atoms with E-state index >= 15 is 0 Å². The molecule has 102 valence electrons. The molecule has 1 rings (SSSR count). The number of benzene rings is 1. The molecule has 0 saturated carbocycles. The summed E-state index contributed by atoms with van der Waals surface area (Å²) in [7, 11) is 0. The molecule has 1 aromatic carbocycles. The van der Waals surface area contributed by atoms with Crippen LogP contribution in [0.15, 0.2) is 30.3 Å². The van der Waals surface area contributed by atoms with Crippen molar-refractivity contribution >= 4 is 18.0 Å². The Balaban J connectivity index is 2.47. The molecule has 1 atom stereocenters. The van der Waals surface area contributed by atoms with Crippen LogP contribution in [-0.4, -0.2) is 23.0 Å². The SMILES string of the molecule is Cc1ccccc1C=CC(=O)NC(C)CCC(=O)O. The van der Waals surface area contributed by atoms with Crippen molar-refractivity contribution in [3.05, 3.63) is 41.5 Å². The van der Waals surface area contributed by atoms with Crippen molar-refractivity contribution in [3.63, 3.8) is 0 Å². The zero-order chi connectivity index (χ0) is 14.3. The van der Waals surface area contributed by atoms with Gasteiger partial charge in [-0.15, -0.1) is 0 Å². The summed E-state index contributed by atoms with van der Waals surface area (Å²) in [5.74, 6) is -1.06. The second-order valence-corrected chi connectivity index (χ2v) is 4.53. The summed E-state index contributed by atoms with van der Waals surface area (Å²) < 4.78 is 0. The molecule has 1 unspecified atom stereocenters. The number of carboxylic acids is 1. The van der Waals surface area contributed by atoms with Gasteiger partial charge in [-0.05, 0) is 37.5 Å². The molecule has 0 aliphatic carbocycles. The normalized spacial score (nSPS) is 12.3. The molecule has 4 nitrogen and oxygen atoms in total. The number of rotatable bonds is 6. The number of carbonyl (C=O) groups excluding carboxylic acids is 1. The number of amides is 1. The Morgan fingerprint density at radius 3 is 2.68 bits per heavy atom. The number of carboxylic acid groups (broad SMARTS) is 1. The van der Waals surface area contributed by atoms with Crippen LogP contribution in [-0.2, 0) is 9.59 Å². The highest BCUT2D eigenvalue weighted by molar-refractivity contribution is 5.92. The summed E-state index contributed by atoms with van der Waals surface area (Å²) in [6, 6.07) is 7.63. The third-order valence-corrected chi connectivity index (χ3v) is 2.78. The van der Waals surface area contributed by atoms with Crippen LogP contribution in [0.4, 0.5) is 0 Å². The summed E-state index contributed by atoms with van der Waals surface area (Å²) in [4.78, 5) is 22.0. The van der Waals surface area contributed by atoms with Crippen LogP contribution in [0.2, 0.25) is 0 Å². The Labute approximate surface area is 113 Å². The monoisotopic (exact) mass is 261 g/mol. The van der Waals surface area contributed by atoms with Crippen molar-refractivity contribution in [2.45, 2.75) is 32.7 Å². The van der Waals surface area contributed by atoms with E-state index in [1.54, 1.807) is 13.0 Å². The summed E-state index contributed by atoms with van der Waals surface area (Å²) in [5.41, 5.74) is 2.10. The highest BCUT2D eigenvalue weighted by Crippen LogP contribution is 2.08. The van der Waals surface area contributed by atoms with Crippen LogP contribution < -0.4 is 5.32 Å². The topological polar surface area (TPSA) is 66.4 Å². The molecule has 2 N–H and O–H groups in total. The number of aryl methyl sites for hydroxylation is 1. The molecular formula is C15H19NO3. The standard InChI is InChI=1S/C15H19NO3/c1-11-5-3-4-6-13(11)8-9-14(17)16-12(2)7-10-15(18)19/h3-6,8-9,12H,7,10H2,1-2H3,(H,16,17)(H,18,19). The number of carbonyl (C=O) groups is 2. The maximum Gasteiger partial charge on any atom is 0.303 e. The molecule has 19 heavy (non-hydrogen) atoms. The first-order valence-corrected chi connectivity index (χ1v) is 6.25. The van der Waals surface area contributed by atoms with Gasteiger partial charge in [0.2, 0.25) is 5.91 Å². The van der Waals surface area contributed by atoms with E-state index in [2.05, 4.69) is 5.32 Å². The Morgan fingerprint density at radius 1 is 1.37 bits per heavy atom. The largest absolute Gasteiger partial charge is 0.481 e. The van der Waals surface area contributed by atoms with Crippen molar-refractivity contribution in [3.8, 4) is 0 Å². The molecule has 0 radical (unpaired) electrons. The van der Waals surface area contributed by atoms with Crippen molar-refractivity contribution in [1.82, 2.24) is 5.32 Å². The Hall–Kier alpha value is -2.10. The van der Waals surface area contributed by atoms with Gasteiger partial charge in [0, 0.05) is 18.5 Å². The Bertz CT molecular complexity index is 480. The third kappa shape index (κ3) is 5.86. The molecule has 1 amide bonds. The van der Waals surface area contributed by atoms with Gasteiger partial charge in [-0.3, -0.25) is 9.59 Å². The van der Waals surface area contributed by atoms with Crippen LogP contribution in [0.3, 0.4) is 0 Å². The van der Waals surface area contributed by atoms with Crippen molar-refractivity contribution in [1.29, 1.82) is 0 Å². The zero-order valence-electron chi connectivity index (χ0n) is 11.2. The average Bonchev–Trinajstić information content (AvgIpc) is 2.35. The summed E-state index contributed by atoms with van der Waals surface area (Å²) >= 11 is 0. The third-order valence-electron chi connectivity index (χ3n) is 2.78. The van der Waals surface area contributed by atoms with Gasteiger partial charge in [-0.1, -0.05) is 24.3 Å². The first-order chi connectivity index (χ1) is 8.99. The average molecular weight is 261 g/mol. The maximum atomic E-state index is 11.6. The number of nitrogens with one attached hydrogen (secondary N) is 1. The second kappa shape index (κ2) is 7.36. The van der Waals surface area contributed by atoms with Crippen molar-refractivity contribution in [2.24, 2.45) is 0 Å². The fraction of sp³-hybridized carbons (Fsp3) is 0.333. The fourth-order valence-electron chi connectivity index (χ4n) is 1.64. The highest BCUT2D eigenvalue weighted by Gasteiger charge is 2.07. The minimum atomic E-state index is -0.850. The van der Waals surface area contributed by atoms with Crippen molar-refractivity contribution < 1.29 is 14.7 Å². The van der Waals surface area contributed by atoms with Gasteiger partial charge in [0.1, 0.15) is 0 Å². The minimum Gasteiger partial charge on any atom is -0.481 e. The number of hydrogen-bond acceptors (Lipinski definition) is 2. The van der Waals surface area contributed by atoms with E-state index in [0.717, 1.165) is 11.1 Å². The van der Waals surface area contributed by atoms with E-state index in [1.807, 2.05) is 31.2 Å². The first-order valence-electron chi connectivity index (χ1n) is 6.25. The zero-order valence-corrected chi connectivity index (χ0v) is 11.2. The van der Waals surface area contributed by atoms with Crippen LogP contribution in [0.25, 0.3) is 6.08 Å². The molecule has 0 bridgehead atoms. The first kappa shape index (κ1) is 15.0. The van der Waals surface area contributed by atoms with Gasteiger partial charge in [-0.25, -0.2) is 0 Å². The van der Waals surface area contributed by atoms with E-state index in [-0.39, 0.29) is 18.4 Å². The lowest BCUT2D eigenvalue weighted by Gasteiger charge is -2.10. The van der Waals surface area contributed by atoms with Crippen molar-refractivity contribution in [2.75, 3.05) is 0 Å². The van der Waals surface area contributed by atoms with Gasteiger partial charge in [0.05, 0.1) is 0 Å². The van der Waals surface area contributed by atoms with Crippen LogP contribution in [0, 0.1) is 6.92 Å². The van der Waals surface area contributed by atoms with Gasteiger partial charge < -0.3 is 10.4 Å². The quantitative estimate of drug-likeness (QED) is 0.773. The smallest absolute Gasteiger partial charge is 0.303 e. The van der Waals surface area contributed by atoms with E-state index < -0.39 is 5.97 Å². The maximum absolute atomic E-state index is 11.6. The summed E-state index contributed by atoms with van der Waals surface area (Å²) in [5, 5.41) is 11.3. The minimum absolute atomic E-state index is 0.0585. The van der Waals surface area contributed by atoms with E-state index in [0.29, 0.717) is 6.42 Å². The lowest BCUT2D eigenvalue weighted by Crippen LogP contribution is -2.31. The fourth-order valence-corrected chi connectivity index (χ4v) is 1.64. The van der Waals surface area contributed by atoms with Gasteiger partial charge >= 0.3 is 5.97 Å². The Kier molecular flexibility index (Phi) is 5.79. The van der Waals surface area contributed by atoms with Crippen LogP contribution in [0.1, 0.15) is 30.9 Å². The number of hydrogen-bond donors (Lipinski definition) is 2. The predicted octanol–water partition coefficient (Wildman–Crippen LogP) is 2.38. The van der Waals surface area contributed by atoms with Gasteiger partial charge in [-0.2, -0.15) is 0 Å². The molecule has 0 aromatic heterocycles. The van der Waals surface area contributed by atoms with E-state index in [4.69, 9.17) is 5.11 Å².